The van der Waals surface area contributed by atoms with Crippen LogP contribution in [0.2, 0.25) is 0 Å². The summed E-state index contributed by atoms with van der Waals surface area (Å²) in [5.41, 5.74) is 7.04. The van der Waals surface area contributed by atoms with Crippen LogP contribution in [0.25, 0.3) is 0 Å². The summed E-state index contributed by atoms with van der Waals surface area (Å²) in [6, 6.07) is 0.0301. The first-order chi connectivity index (χ1) is 7.72. The predicted molar refractivity (Wildman–Crippen MR) is 62.1 cm³/mol. The second-order valence-corrected chi connectivity index (χ2v) is 3.80. The van der Waals surface area contributed by atoms with Gasteiger partial charge in [-0.1, -0.05) is 6.92 Å². The number of imidazole rings is 1. The Labute approximate surface area is 96.6 Å². The van der Waals surface area contributed by atoms with Crippen LogP contribution in [-0.4, -0.2) is 36.5 Å². The lowest BCUT2D eigenvalue weighted by molar-refractivity contribution is 0.0178. The Morgan fingerprint density at radius 2 is 2.25 bits per heavy atom. The van der Waals surface area contributed by atoms with Gasteiger partial charge in [-0.05, 0) is 6.42 Å². The van der Waals surface area contributed by atoms with Crippen molar-refractivity contribution in [3.63, 3.8) is 0 Å². The molecule has 0 aliphatic heterocycles. The summed E-state index contributed by atoms with van der Waals surface area (Å²) in [5.74, 6) is 0. The summed E-state index contributed by atoms with van der Waals surface area (Å²) in [5, 5.41) is 0. The van der Waals surface area contributed by atoms with E-state index in [4.69, 9.17) is 15.2 Å². The third kappa shape index (κ3) is 3.30. The normalized spacial score (nSPS) is 15.0. The first kappa shape index (κ1) is 13.2. The third-order valence-corrected chi connectivity index (χ3v) is 2.65. The van der Waals surface area contributed by atoms with Crippen molar-refractivity contribution < 1.29 is 9.47 Å². The molecule has 0 spiro atoms. The summed E-state index contributed by atoms with van der Waals surface area (Å²) in [6.07, 6.45) is 4.52. The van der Waals surface area contributed by atoms with Crippen molar-refractivity contribution in [3.05, 3.63) is 18.2 Å². The van der Waals surface area contributed by atoms with E-state index in [9.17, 15) is 0 Å². The van der Waals surface area contributed by atoms with Crippen molar-refractivity contribution >= 4 is 0 Å². The van der Waals surface area contributed by atoms with Crippen molar-refractivity contribution in [3.8, 4) is 0 Å². The summed E-state index contributed by atoms with van der Waals surface area (Å²) in [6.45, 7) is 3.34. The van der Waals surface area contributed by atoms with E-state index in [1.165, 1.54) is 0 Å². The van der Waals surface area contributed by atoms with Crippen molar-refractivity contribution in [1.29, 1.82) is 0 Å². The Bertz CT molecular complexity index is 301. The molecule has 0 saturated heterocycles. The molecule has 1 aromatic rings. The molecule has 0 aliphatic rings. The van der Waals surface area contributed by atoms with Gasteiger partial charge in [0.05, 0.1) is 31.3 Å². The topological polar surface area (TPSA) is 62.3 Å². The average Bonchev–Trinajstić information content (AvgIpc) is 2.75. The van der Waals surface area contributed by atoms with Crippen molar-refractivity contribution in [2.24, 2.45) is 5.73 Å². The van der Waals surface area contributed by atoms with Crippen LogP contribution in [0.5, 0.6) is 0 Å². The van der Waals surface area contributed by atoms with Crippen LogP contribution >= 0.6 is 0 Å². The van der Waals surface area contributed by atoms with E-state index < -0.39 is 0 Å². The number of aromatic nitrogens is 2. The van der Waals surface area contributed by atoms with E-state index in [1.807, 2.05) is 10.8 Å². The molecular formula is C11H21N3O2. The first-order valence-corrected chi connectivity index (χ1v) is 5.50. The molecule has 0 bridgehead atoms. The fourth-order valence-electron chi connectivity index (χ4n) is 1.60. The molecule has 16 heavy (non-hydrogen) atoms. The molecule has 2 atom stereocenters. The van der Waals surface area contributed by atoms with Gasteiger partial charge in [0.25, 0.3) is 0 Å². The maximum atomic E-state index is 6.00. The number of hydrogen-bond acceptors (Lipinski definition) is 4. The van der Waals surface area contributed by atoms with E-state index >= 15 is 0 Å². The fourth-order valence-corrected chi connectivity index (χ4v) is 1.60. The Morgan fingerprint density at radius 1 is 1.50 bits per heavy atom. The van der Waals surface area contributed by atoms with Gasteiger partial charge in [0.1, 0.15) is 0 Å². The second-order valence-electron chi connectivity index (χ2n) is 3.80. The van der Waals surface area contributed by atoms with E-state index in [0.717, 1.165) is 12.1 Å². The van der Waals surface area contributed by atoms with Crippen molar-refractivity contribution in [2.45, 2.75) is 32.0 Å². The molecule has 1 heterocycles. The molecule has 1 unspecified atom stereocenters. The molecule has 5 heteroatoms. The van der Waals surface area contributed by atoms with Gasteiger partial charge in [-0.2, -0.15) is 0 Å². The lowest BCUT2D eigenvalue weighted by Crippen LogP contribution is -2.25. The van der Waals surface area contributed by atoms with Crippen LogP contribution in [0.1, 0.15) is 25.1 Å². The van der Waals surface area contributed by atoms with Gasteiger partial charge in [-0.25, -0.2) is 4.98 Å². The highest BCUT2D eigenvalue weighted by Gasteiger charge is 2.13. The number of ether oxygens (including phenoxy) is 2. The molecular weight excluding hydrogens is 206 g/mol. The quantitative estimate of drug-likeness (QED) is 0.753. The van der Waals surface area contributed by atoms with Gasteiger partial charge in [0, 0.05) is 26.5 Å². The molecule has 2 N–H and O–H groups in total. The summed E-state index contributed by atoms with van der Waals surface area (Å²) in [4.78, 5) is 4.13. The average molecular weight is 227 g/mol. The minimum absolute atomic E-state index is 0.0296. The molecule has 0 amide bonds. The number of methoxy groups -OCH3 is 2. The summed E-state index contributed by atoms with van der Waals surface area (Å²) in [7, 11) is 3.35. The molecule has 1 rings (SSSR count). The van der Waals surface area contributed by atoms with Crippen LogP contribution in [0, 0.1) is 0 Å². The lowest BCUT2D eigenvalue weighted by Gasteiger charge is -2.18. The largest absolute Gasteiger partial charge is 0.382 e. The number of rotatable bonds is 7. The van der Waals surface area contributed by atoms with Gasteiger partial charge >= 0.3 is 0 Å². The van der Waals surface area contributed by atoms with Crippen LogP contribution in [0.15, 0.2) is 12.5 Å². The van der Waals surface area contributed by atoms with Gasteiger partial charge in [-0.3, -0.25) is 0 Å². The van der Waals surface area contributed by atoms with Gasteiger partial charge in [-0.15, -0.1) is 0 Å². The smallest absolute Gasteiger partial charge is 0.0983 e. The van der Waals surface area contributed by atoms with Crippen LogP contribution in [-0.2, 0) is 16.0 Å². The third-order valence-electron chi connectivity index (χ3n) is 2.65. The zero-order chi connectivity index (χ0) is 12.0. The number of hydrogen-bond donors (Lipinski definition) is 1. The first-order valence-electron chi connectivity index (χ1n) is 5.50. The molecule has 0 radical (unpaired) electrons. The Kier molecular flexibility index (Phi) is 5.45. The number of nitrogens with zero attached hydrogens (tertiary/aromatic N) is 2. The van der Waals surface area contributed by atoms with Gasteiger partial charge < -0.3 is 19.8 Å². The maximum Gasteiger partial charge on any atom is 0.0983 e. The maximum absolute atomic E-state index is 6.00. The minimum atomic E-state index is 0.0296. The Hall–Kier alpha value is -0.910. The highest BCUT2D eigenvalue weighted by Crippen LogP contribution is 2.13. The molecule has 0 saturated carbocycles. The molecule has 92 valence electrons. The van der Waals surface area contributed by atoms with E-state index in [-0.39, 0.29) is 12.1 Å². The van der Waals surface area contributed by atoms with Crippen LogP contribution in [0.3, 0.4) is 0 Å². The summed E-state index contributed by atoms with van der Waals surface area (Å²) < 4.78 is 12.4. The van der Waals surface area contributed by atoms with Gasteiger partial charge in [0.15, 0.2) is 0 Å². The lowest BCUT2D eigenvalue weighted by atomic mass is 10.2. The van der Waals surface area contributed by atoms with Gasteiger partial charge in [0.2, 0.25) is 0 Å². The fraction of sp³-hybridized carbons (Fsp3) is 0.727. The zero-order valence-corrected chi connectivity index (χ0v) is 10.2. The highest BCUT2D eigenvalue weighted by atomic mass is 16.5. The highest BCUT2D eigenvalue weighted by molar-refractivity contribution is 5.04. The second kappa shape index (κ2) is 6.62. The van der Waals surface area contributed by atoms with Crippen LogP contribution < -0.4 is 5.73 Å². The monoisotopic (exact) mass is 227 g/mol. The van der Waals surface area contributed by atoms with E-state index in [2.05, 4.69) is 11.9 Å². The van der Waals surface area contributed by atoms with E-state index in [1.54, 1.807) is 20.5 Å². The van der Waals surface area contributed by atoms with Crippen molar-refractivity contribution in [2.75, 3.05) is 20.8 Å². The molecule has 5 nitrogen and oxygen atoms in total. The molecule has 1 aromatic heterocycles. The number of nitrogens with two attached hydrogens (primary N) is 1. The molecule has 0 aliphatic carbocycles. The zero-order valence-electron chi connectivity index (χ0n) is 10.2. The SMILES string of the molecule is CC[C@@H](N)c1cncn1CC(COC)OC. The minimum Gasteiger partial charge on any atom is -0.382 e. The predicted octanol–water partition coefficient (Wildman–Crippen LogP) is 0.954. The Balaban J connectivity index is 2.68. The molecule has 0 fully saturated rings. The van der Waals surface area contributed by atoms with E-state index in [0.29, 0.717) is 13.2 Å². The Morgan fingerprint density at radius 3 is 2.81 bits per heavy atom. The molecule has 0 aromatic carbocycles. The summed E-state index contributed by atoms with van der Waals surface area (Å²) >= 11 is 0. The van der Waals surface area contributed by atoms with Crippen LogP contribution in [0.4, 0.5) is 0 Å². The van der Waals surface area contributed by atoms with Crippen molar-refractivity contribution in [1.82, 2.24) is 9.55 Å². The standard InChI is InChI=1S/C11H21N3O2/c1-4-10(12)11-5-13-8-14(11)6-9(16-3)7-15-2/h5,8-10H,4,6-7,12H2,1-3H3/t9?,10-/m1/s1.